The molecule has 0 bridgehead atoms. The summed E-state index contributed by atoms with van der Waals surface area (Å²) in [4.78, 5) is 0. The van der Waals surface area contributed by atoms with E-state index in [1.54, 1.807) is 18.2 Å². The van der Waals surface area contributed by atoms with E-state index in [2.05, 4.69) is 0 Å². The number of aryl methyl sites for hydroxylation is 1. The topological polar surface area (TPSA) is 37.4 Å². The van der Waals surface area contributed by atoms with Crippen molar-refractivity contribution >= 4 is 27.3 Å². The van der Waals surface area contributed by atoms with E-state index in [1.165, 1.54) is 10.6 Å². The summed E-state index contributed by atoms with van der Waals surface area (Å²) in [5.74, 6) is 0. The maximum absolute atomic E-state index is 12.1. The number of benzene rings is 2. The highest BCUT2D eigenvalue weighted by Crippen LogP contribution is 2.24. The fourth-order valence-corrected chi connectivity index (χ4v) is 3.18. The van der Waals surface area contributed by atoms with Gasteiger partial charge in [0.15, 0.2) is 0 Å². The number of hydrogen-bond acceptors (Lipinski definition) is 2. The van der Waals surface area contributed by atoms with E-state index < -0.39 is 10.0 Å². The van der Waals surface area contributed by atoms with Crippen LogP contribution in [0.5, 0.6) is 0 Å². The van der Waals surface area contributed by atoms with Crippen LogP contribution in [0.25, 0.3) is 0 Å². The van der Waals surface area contributed by atoms with Crippen molar-refractivity contribution in [1.29, 1.82) is 0 Å². The Kier molecular flexibility index (Phi) is 4.35. The predicted octanol–water partition coefficient (Wildman–Crippen LogP) is 3.61. The van der Waals surface area contributed by atoms with Crippen molar-refractivity contribution in [1.82, 2.24) is 0 Å². The van der Waals surface area contributed by atoms with E-state index in [9.17, 15) is 8.42 Å². The third-order valence-electron chi connectivity index (χ3n) is 3.00. The van der Waals surface area contributed by atoms with Gasteiger partial charge < -0.3 is 0 Å². The number of para-hydroxylation sites is 1. The van der Waals surface area contributed by atoms with Gasteiger partial charge in [-0.1, -0.05) is 41.9 Å². The minimum Gasteiger partial charge on any atom is -0.266 e. The summed E-state index contributed by atoms with van der Waals surface area (Å²) >= 11 is 5.95. The Morgan fingerprint density at radius 2 is 1.80 bits per heavy atom. The molecule has 3 nitrogen and oxygen atoms in total. The third kappa shape index (κ3) is 3.52. The summed E-state index contributed by atoms with van der Waals surface area (Å²) in [5, 5.41) is 0.598. The van der Waals surface area contributed by atoms with Gasteiger partial charge in [-0.3, -0.25) is 4.31 Å². The number of anilines is 1. The molecular formula is C15H16ClNO2S. The molecule has 0 radical (unpaired) electrons. The first-order valence-electron chi connectivity index (χ1n) is 6.16. The summed E-state index contributed by atoms with van der Waals surface area (Å²) in [7, 11) is -3.36. The van der Waals surface area contributed by atoms with Gasteiger partial charge in [0.05, 0.1) is 18.5 Å². The number of hydrogen-bond donors (Lipinski definition) is 0. The number of sulfonamides is 1. The number of halogens is 1. The lowest BCUT2D eigenvalue weighted by molar-refractivity contribution is 0.596. The van der Waals surface area contributed by atoms with Gasteiger partial charge in [-0.05, 0) is 36.2 Å². The molecule has 0 unspecified atom stereocenters. The number of nitrogens with zero attached hydrogens (tertiary/aromatic N) is 1. The molecular weight excluding hydrogens is 294 g/mol. The average molecular weight is 310 g/mol. The van der Waals surface area contributed by atoms with Crippen molar-refractivity contribution in [3.8, 4) is 0 Å². The molecule has 0 saturated carbocycles. The molecule has 0 aliphatic carbocycles. The fraction of sp³-hybridized carbons (Fsp3) is 0.200. The van der Waals surface area contributed by atoms with Crippen LogP contribution in [0, 0.1) is 6.92 Å². The number of rotatable bonds is 4. The summed E-state index contributed by atoms with van der Waals surface area (Å²) in [6, 6.07) is 14.6. The van der Waals surface area contributed by atoms with E-state index in [-0.39, 0.29) is 6.54 Å². The molecule has 0 spiro atoms. The van der Waals surface area contributed by atoms with E-state index in [4.69, 9.17) is 11.6 Å². The molecule has 0 N–H and O–H groups in total. The first-order valence-corrected chi connectivity index (χ1v) is 8.38. The first-order chi connectivity index (χ1) is 9.38. The molecule has 2 aromatic rings. The van der Waals surface area contributed by atoms with Crippen LogP contribution < -0.4 is 4.31 Å². The maximum atomic E-state index is 12.1. The highest BCUT2D eigenvalue weighted by Gasteiger charge is 2.19. The predicted molar refractivity (Wildman–Crippen MR) is 83.7 cm³/mol. The second kappa shape index (κ2) is 5.85. The highest BCUT2D eigenvalue weighted by atomic mass is 35.5. The molecule has 0 amide bonds. The highest BCUT2D eigenvalue weighted by molar-refractivity contribution is 7.92. The lowest BCUT2D eigenvalue weighted by Gasteiger charge is -2.24. The Hall–Kier alpha value is -1.52. The zero-order valence-electron chi connectivity index (χ0n) is 11.4. The molecule has 0 aromatic heterocycles. The largest absolute Gasteiger partial charge is 0.266 e. The Morgan fingerprint density at radius 1 is 1.10 bits per heavy atom. The van der Waals surface area contributed by atoms with Crippen LogP contribution in [-0.2, 0) is 16.6 Å². The van der Waals surface area contributed by atoms with Gasteiger partial charge in [0.1, 0.15) is 0 Å². The van der Waals surface area contributed by atoms with Crippen LogP contribution in [0.1, 0.15) is 11.1 Å². The van der Waals surface area contributed by atoms with Crippen molar-refractivity contribution in [3.63, 3.8) is 0 Å². The SMILES string of the molecule is Cc1ccccc1N(Cc1cccc(Cl)c1)S(C)(=O)=O. The maximum Gasteiger partial charge on any atom is 0.232 e. The normalized spacial score (nSPS) is 11.3. The van der Waals surface area contributed by atoms with Crippen molar-refractivity contribution in [3.05, 3.63) is 64.7 Å². The van der Waals surface area contributed by atoms with Crippen LogP contribution in [0.3, 0.4) is 0 Å². The third-order valence-corrected chi connectivity index (χ3v) is 4.36. The molecule has 5 heteroatoms. The Bertz CT molecular complexity index is 713. The van der Waals surface area contributed by atoms with Crippen molar-refractivity contribution < 1.29 is 8.42 Å². The average Bonchev–Trinajstić information content (AvgIpc) is 2.36. The van der Waals surface area contributed by atoms with Gasteiger partial charge in [0, 0.05) is 5.02 Å². The molecule has 2 aromatic carbocycles. The van der Waals surface area contributed by atoms with E-state index >= 15 is 0 Å². The molecule has 2 rings (SSSR count). The zero-order chi connectivity index (χ0) is 14.8. The van der Waals surface area contributed by atoms with Crippen LogP contribution in [0.4, 0.5) is 5.69 Å². The Morgan fingerprint density at radius 3 is 2.40 bits per heavy atom. The lowest BCUT2D eigenvalue weighted by Crippen LogP contribution is -2.29. The van der Waals surface area contributed by atoms with E-state index in [1.807, 2.05) is 37.3 Å². The Labute approximate surface area is 124 Å². The molecule has 0 aliphatic rings. The Balaban J connectivity index is 2.43. The first kappa shape index (κ1) is 14.9. The monoisotopic (exact) mass is 309 g/mol. The van der Waals surface area contributed by atoms with Gasteiger partial charge in [-0.25, -0.2) is 8.42 Å². The summed E-state index contributed by atoms with van der Waals surface area (Å²) in [6.45, 7) is 2.16. The van der Waals surface area contributed by atoms with Gasteiger partial charge >= 0.3 is 0 Å². The lowest BCUT2D eigenvalue weighted by atomic mass is 10.2. The summed E-state index contributed by atoms with van der Waals surface area (Å²) < 4.78 is 25.5. The zero-order valence-corrected chi connectivity index (χ0v) is 12.9. The molecule has 0 saturated heterocycles. The van der Waals surface area contributed by atoms with Crippen molar-refractivity contribution in [2.75, 3.05) is 10.6 Å². The molecule has 106 valence electrons. The van der Waals surface area contributed by atoms with E-state index in [0.29, 0.717) is 10.7 Å². The van der Waals surface area contributed by atoms with Gasteiger partial charge in [-0.2, -0.15) is 0 Å². The quantitative estimate of drug-likeness (QED) is 0.865. The molecule has 0 aliphatic heterocycles. The van der Waals surface area contributed by atoms with Crippen molar-refractivity contribution in [2.45, 2.75) is 13.5 Å². The molecule has 0 fully saturated rings. The van der Waals surface area contributed by atoms with Crippen LogP contribution in [-0.4, -0.2) is 14.7 Å². The second-order valence-electron chi connectivity index (χ2n) is 4.69. The fourth-order valence-electron chi connectivity index (χ4n) is 2.03. The van der Waals surface area contributed by atoms with E-state index in [0.717, 1.165) is 11.1 Å². The minimum atomic E-state index is -3.36. The van der Waals surface area contributed by atoms with Crippen LogP contribution >= 0.6 is 11.6 Å². The second-order valence-corrected chi connectivity index (χ2v) is 7.03. The van der Waals surface area contributed by atoms with Gasteiger partial charge in [0.25, 0.3) is 0 Å². The summed E-state index contributed by atoms with van der Waals surface area (Å²) in [5.41, 5.74) is 2.46. The minimum absolute atomic E-state index is 0.268. The van der Waals surface area contributed by atoms with Gasteiger partial charge in [0.2, 0.25) is 10.0 Å². The molecule has 0 heterocycles. The smallest absolute Gasteiger partial charge is 0.232 e. The molecule has 0 atom stereocenters. The standard InChI is InChI=1S/C15H16ClNO2S/c1-12-6-3-4-9-15(12)17(20(2,18)19)11-13-7-5-8-14(16)10-13/h3-10H,11H2,1-2H3. The van der Waals surface area contributed by atoms with Crippen LogP contribution in [0.15, 0.2) is 48.5 Å². The molecule has 20 heavy (non-hydrogen) atoms. The van der Waals surface area contributed by atoms with Gasteiger partial charge in [-0.15, -0.1) is 0 Å². The van der Waals surface area contributed by atoms with Crippen molar-refractivity contribution in [2.24, 2.45) is 0 Å². The van der Waals surface area contributed by atoms with Crippen LogP contribution in [0.2, 0.25) is 5.02 Å². The summed E-state index contributed by atoms with van der Waals surface area (Å²) in [6.07, 6.45) is 1.21.